The van der Waals surface area contributed by atoms with Gasteiger partial charge in [0.15, 0.2) is 0 Å². The molecule has 1 heterocycles. The fraction of sp³-hybridized carbons (Fsp3) is 0.600. The summed E-state index contributed by atoms with van der Waals surface area (Å²) in [6, 6.07) is 5.21. The first-order valence-corrected chi connectivity index (χ1v) is 9.61. The third-order valence-electron chi connectivity index (χ3n) is 5.91. The molecule has 1 aromatic carbocycles. The van der Waals surface area contributed by atoms with Gasteiger partial charge < -0.3 is 4.90 Å². The molecule has 1 saturated heterocycles. The second kappa shape index (κ2) is 8.05. The zero-order chi connectivity index (χ0) is 19.6. The Kier molecular flexibility index (Phi) is 5.76. The van der Waals surface area contributed by atoms with E-state index in [1.807, 2.05) is 11.0 Å². The average Bonchev–Trinajstić information content (AvgIpc) is 3.17. The molecule has 1 saturated carbocycles. The molecule has 3 rings (SSSR count). The first-order chi connectivity index (χ1) is 12.9. The number of benzene rings is 1. The third kappa shape index (κ3) is 4.11. The number of nitriles is 1. The van der Waals surface area contributed by atoms with Crippen LogP contribution < -0.4 is 0 Å². The number of nitrogens with zero attached hydrogens (tertiary/aromatic N) is 4. The lowest BCUT2D eigenvalue weighted by molar-refractivity contribution is -0.385. The number of amides is 1. The van der Waals surface area contributed by atoms with Crippen LogP contribution in [-0.4, -0.2) is 46.3 Å². The Labute approximate surface area is 159 Å². The average molecular weight is 370 g/mol. The van der Waals surface area contributed by atoms with Gasteiger partial charge >= 0.3 is 0 Å². The van der Waals surface area contributed by atoms with Crippen molar-refractivity contribution in [3.05, 3.63) is 38.9 Å². The van der Waals surface area contributed by atoms with E-state index >= 15 is 0 Å². The number of carbonyl (C=O) groups is 1. The minimum Gasteiger partial charge on any atom is -0.337 e. The molecule has 144 valence electrons. The molecule has 1 atom stereocenters. The molecular weight excluding hydrogens is 344 g/mol. The fourth-order valence-corrected chi connectivity index (χ4v) is 4.33. The second-order valence-electron chi connectivity index (χ2n) is 7.75. The number of carbonyl (C=O) groups excluding carboxylic acids is 1. The van der Waals surface area contributed by atoms with Gasteiger partial charge in [-0.25, -0.2) is 0 Å². The number of nitro groups is 1. The molecule has 0 radical (unpaired) electrons. The van der Waals surface area contributed by atoms with Crippen molar-refractivity contribution >= 4 is 11.6 Å². The Bertz CT molecular complexity index is 780. The van der Waals surface area contributed by atoms with Gasteiger partial charge in [0, 0.05) is 49.8 Å². The van der Waals surface area contributed by atoms with Crippen molar-refractivity contribution in [3.63, 3.8) is 0 Å². The number of hydrogen-bond acceptors (Lipinski definition) is 5. The standard InChI is InChI=1S/C20H26N4O3/c1-14-12-22(7-8-23(14)20(25)17-5-3-4-6-17)13-18-9-16(11-21)10-19(15(18)2)24(26)27/h9-10,14,17H,3-8,12-13H2,1-2H3/t14-/m0/s1. The Morgan fingerprint density at radius 3 is 2.63 bits per heavy atom. The van der Waals surface area contributed by atoms with Crippen molar-refractivity contribution in [3.8, 4) is 6.07 Å². The van der Waals surface area contributed by atoms with Gasteiger partial charge in [-0.2, -0.15) is 5.26 Å². The van der Waals surface area contributed by atoms with Crippen LogP contribution in [0.5, 0.6) is 0 Å². The van der Waals surface area contributed by atoms with Crippen LogP contribution in [0, 0.1) is 34.3 Å². The van der Waals surface area contributed by atoms with E-state index < -0.39 is 4.92 Å². The van der Waals surface area contributed by atoms with Crippen molar-refractivity contribution in [1.29, 1.82) is 5.26 Å². The van der Waals surface area contributed by atoms with Gasteiger partial charge in [-0.15, -0.1) is 0 Å². The highest BCUT2D eigenvalue weighted by Crippen LogP contribution is 2.29. The smallest absolute Gasteiger partial charge is 0.273 e. The first-order valence-electron chi connectivity index (χ1n) is 9.61. The summed E-state index contributed by atoms with van der Waals surface area (Å²) < 4.78 is 0. The van der Waals surface area contributed by atoms with Crippen molar-refractivity contribution < 1.29 is 9.72 Å². The molecule has 2 aliphatic rings. The molecule has 0 unspecified atom stereocenters. The van der Waals surface area contributed by atoms with Crippen molar-refractivity contribution in [2.75, 3.05) is 19.6 Å². The summed E-state index contributed by atoms with van der Waals surface area (Å²) in [6.07, 6.45) is 4.32. The topological polar surface area (TPSA) is 90.5 Å². The Morgan fingerprint density at radius 1 is 1.33 bits per heavy atom. The molecule has 7 heteroatoms. The van der Waals surface area contributed by atoms with Gasteiger partial charge in [-0.3, -0.25) is 19.8 Å². The lowest BCUT2D eigenvalue weighted by Gasteiger charge is -2.41. The highest BCUT2D eigenvalue weighted by molar-refractivity contribution is 5.79. The summed E-state index contributed by atoms with van der Waals surface area (Å²) in [4.78, 5) is 27.8. The summed E-state index contributed by atoms with van der Waals surface area (Å²) in [5.41, 5.74) is 1.72. The molecule has 0 aromatic heterocycles. The molecule has 0 spiro atoms. The lowest BCUT2D eigenvalue weighted by Crippen LogP contribution is -2.54. The maximum absolute atomic E-state index is 12.7. The molecule has 2 fully saturated rings. The normalized spacial score (nSPS) is 21.2. The van der Waals surface area contributed by atoms with Crippen LogP contribution >= 0.6 is 0 Å². The van der Waals surface area contributed by atoms with E-state index in [0.29, 0.717) is 24.2 Å². The molecule has 1 aliphatic carbocycles. The van der Waals surface area contributed by atoms with Gasteiger partial charge in [0.25, 0.3) is 5.69 Å². The van der Waals surface area contributed by atoms with Gasteiger partial charge in [-0.1, -0.05) is 12.8 Å². The Balaban J connectivity index is 1.70. The van der Waals surface area contributed by atoms with Crippen LogP contribution in [0.4, 0.5) is 5.69 Å². The predicted molar refractivity (Wildman–Crippen MR) is 101 cm³/mol. The zero-order valence-electron chi connectivity index (χ0n) is 16.0. The van der Waals surface area contributed by atoms with E-state index in [2.05, 4.69) is 11.8 Å². The number of piperazine rings is 1. The van der Waals surface area contributed by atoms with Gasteiger partial charge in [0.2, 0.25) is 5.91 Å². The van der Waals surface area contributed by atoms with E-state index in [1.54, 1.807) is 13.0 Å². The van der Waals surface area contributed by atoms with Crippen molar-refractivity contribution in [2.45, 2.75) is 52.1 Å². The Hall–Kier alpha value is -2.46. The number of nitro benzene ring substituents is 1. The van der Waals surface area contributed by atoms with Crippen LogP contribution in [0.2, 0.25) is 0 Å². The van der Waals surface area contributed by atoms with E-state index in [4.69, 9.17) is 0 Å². The molecule has 0 bridgehead atoms. The van der Waals surface area contributed by atoms with Gasteiger partial charge in [0.05, 0.1) is 16.6 Å². The molecule has 0 N–H and O–H groups in total. The first kappa shape index (κ1) is 19.3. The lowest BCUT2D eigenvalue weighted by atomic mass is 10.0. The monoisotopic (exact) mass is 370 g/mol. The quantitative estimate of drug-likeness (QED) is 0.600. The number of rotatable bonds is 4. The highest BCUT2D eigenvalue weighted by atomic mass is 16.6. The molecule has 1 aromatic rings. The van der Waals surface area contributed by atoms with E-state index in [1.165, 1.54) is 6.07 Å². The maximum atomic E-state index is 12.7. The largest absolute Gasteiger partial charge is 0.337 e. The number of hydrogen-bond donors (Lipinski definition) is 0. The van der Waals surface area contributed by atoms with Crippen LogP contribution in [-0.2, 0) is 11.3 Å². The summed E-state index contributed by atoms with van der Waals surface area (Å²) >= 11 is 0. The summed E-state index contributed by atoms with van der Waals surface area (Å²) in [7, 11) is 0. The molecular formula is C20H26N4O3. The van der Waals surface area contributed by atoms with E-state index in [0.717, 1.165) is 44.3 Å². The predicted octanol–water partition coefficient (Wildman–Crippen LogP) is 3.00. The summed E-state index contributed by atoms with van der Waals surface area (Å²) in [5.74, 6) is 0.481. The van der Waals surface area contributed by atoms with E-state index in [9.17, 15) is 20.2 Å². The molecule has 7 nitrogen and oxygen atoms in total. The van der Waals surface area contributed by atoms with Crippen LogP contribution in [0.25, 0.3) is 0 Å². The molecule has 1 aliphatic heterocycles. The molecule has 1 amide bonds. The molecule has 27 heavy (non-hydrogen) atoms. The summed E-state index contributed by atoms with van der Waals surface area (Å²) in [5, 5.41) is 20.4. The van der Waals surface area contributed by atoms with Crippen LogP contribution in [0.3, 0.4) is 0 Å². The maximum Gasteiger partial charge on any atom is 0.273 e. The van der Waals surface area contributed by atoms with Gasteiger partial charge in [0.1, 0.15) is 0 Å². The Morgan fingerprint density at radius 2 is 2.04 bits per heavy atom. The van der Waals surface area contributed by atoms with Crippen LogP contribution in [0.15, 0.2) is 12.1 Å². The van der Waals surface area contributed by atoms with Gasteiger partial charge in [-0.05, 0) is 38.3 Å². The zero-order valence-corrected chi connectivity index (χ0v) is 16.0. The minimum atomic E-state index is -0.430. The summed E-state index contributed by atoms with van der Waals surface area (Å²) in [6.45, 7) is 6.53. The van der Waals surface area contributed by atoms with Crippen LogP contribution in [0.1, 0.15) is 49.3 Å². The third-order valence-corrected chi connectivity index (χ3v) is 5.91. The van der Waals surface area contributed by atoms with E-state index in [-0.39, 0.29) is 23.6 Å². The SMILES string of the molecule is Cc1c(CN2CCN(C(=O)C3CCCC3)[C@@H](C)C2)cc(C#N)cc1[N+](=O)[O-]. The fourth-order valence-electron chi connectivity index (χ4n) is 4.33. The van der Waals surface area contributed by atoms with Crippen molar-refractivity contribution in [1.82, 2.24) is 9.80 Å². The van der Waals surface area contributed by atoms with Crippen molar-refractivity contribution in [2.24, 2.45) is 5.92 Å². The second-order valence-corrected chi connectivity index (χ2v) is 7.75. The highest BCUT2D eigenvalue weighted by Gasteiger charge is 2.33. The minimum absolute atomic E-state index is 0.00727.